The summed E-state index contributed by atoms with van der Waals surface area (Å²) in [7, 11) is -3.99. The molecule has 3 rings (SSSR count). The smallest absolute Gasteiger partial charge is 0.243 e. The monoisotopic (exact) mass is 390 g/mol. The van der Waals surface area contributed by atoms with E-state index in [0.717, 1.165) is 4.31 Å². The molecule has 0 spiro atoms. The molecule has 0 saturated carbocycles. The fourth-order valence-corrected chi connectivity index (χ4v) is 4.98. The van der Waals surface area contributed by atoms with Crippen LogP contribution in [0.4, 0.5) is 4.39 Å². The minimum Gasteiger partial charge on any atom is -0.378 e. The lowest BCUT2D eigenvalue weighted by molar-refractivity contribution is -0.138. The first-order chi connectivity index (χ1) is 11.8. The van der Waals surface area contributed by atoms with Crippen molar-refractivity contribution in [2.75, 3.05) is 32.8 Å². The van der Waals surface area contributed by atoms with Gasteiger partial charge in [0.25, 0.3) is 0 Å². The van der Waals surface area contributed by atoms with Gasteiger partial charge >= 0.3 is 0 Å². The number of rotatable bonds is 3. The Labute approximate surface area is 151 Å². The lowest BCUT2D eigenvalue weighted by atomic mass is 10.2. The Morgan fingerprint density at radius 1 is 1.32 bits per heavy atom. The molecule has 2 aliphatic heterocycles. The van der Waals surface area contributed by atoms with Crippen molar-refractivity contribution >= 4 is 27.5 Å². The first-order valence-corrected chi connectivity index (χ1v) is 9.91. The van der Waals surface area contributed by atoms with Crippen LogP contribution in [0, 0.1) is 6.92 Å². The van der Waals surface area contributed by atoms with Crippen LogP contribution < -0.4 is 0 Å². The number of benzene rings is 1. The summed E-state index contributed by atoms with van der Waals surface area (Å²) in [4.78, 5) is 14.3. The van der Waals surface area contributed by atoms with E-state index in [1.165, 1.54) is 18.2 Å². The third-order valence-electron chi connectivity index (χ3n) is 4.55. The number of halogens is 2. The molecule has 6 nitrogen and oxygen atoms in total. The first kappa shape index (κ1) is 18.6. The summed E-state index contributed by atoms with van der Waals surface area (Å²) in [5, 5.41) is 0.449. The molecule has 0 aliphatic carbocycles. The molecule has 2 aliphatic rings. The van der Waals surface area contributed by atoms with Crippen LogP contribution >= 0.6 is 11.6 Å². The number of hydrogen-bond acceptors (Lipinski definition) is 4. The summed E-state index contributed by atoms with van der Waals surface area (Å²) in [6.45, 7) is 2.96. The quantitative estimate of drug-likeness (QED) is 0.786. The van der Waals surface area contributed by atoms with E-state index in [0.29, 0.717) is 36.9 Å². The van der Waals surface area contributed by atoms with Gasteiger partial charge in [0, 0.05) is 31.1 Å². The number of carbonyl (C=O) groups is 1. The second-order valence-electron chi connectivity index (χ2n) is 6.27. The van der Waals surface area contributed by atoms with Gasteiger partial charge in [-0.3, -0.25) is 4.79 Å². The average Bonchev–Trinajstić information content (AvgIpc) is 3.00. The van der Waals surface area contributed by atoms with Crippen molar-refractivity contribution < 1.29 is 22.3 Å². The van der Waals surface area contributed by atoms with Gasteiger partial charge in [0.15, 0.2) is 0 Å². The summed E-state index contributed by atoms with van der Waals surface area (Å²) in [5.74, 6) is -0.363. The molecule has 0 bridgehead atoms. The van der Waals surface area contributed by atoms with Crippen LogP contribution in [-0.4, -0.2) is 68.6 Å². The van der Waals surface area contributed by atoms with E-state index < -0.39 is 22.2 Å². The molecule has 0 N–H and O–H groups in total. The van der Waals surface area contributed by atoms with Gasteiger partial charge in [-0.1, -0.05) is 11.6 Å². The van der Waals surface area contributed by atoms with Crippen LogP contribution in [0.1, 0.15) is 12.0 Å². The predicted octanol–water partition coefficient (Wildman–Crippen LogP) is 1.61. The lowest BCUT2D eigenvalue weighted by Crippen LogP contribution is -2.50. The normalized spacial score (nSPS) is 25.3. The molecule has 0 aromatic heterocycles. The van der Waals surface area contributed by atoms with Crippen molar-refractivity contribution in [2.45, 2.75) is 30.5 Å². The van der Waals surface area contributed by atoms with E-state index >= 15 is 0 Å². The lowest BCUT2D eigenvalue weighted by Gasteiger charge is -2.32. The molecule has 2 atom stereocenters. The van der Waals surface area contributed by atoms with Gasteiger partial charge in [-0.2, -0.15) is 4.31 Å². The summed E-state index contributed by atoms with van der Waals surface area (Å²) in [5.41, 5.74) is 0.606. The van der Waals surface area contributed by atoms with Crippen LogP contribution in [0.2, 0.25) is 5.02 Å². The average molecular weight is 391 g/mol. The molecule has 0 radical (unpaired) electrons. The second-order valence-corrected chi connectivity index (χ2v) is 8.57. The number of amides is 1. The van der Waals surface area contributed by atoms with E-state index in [2.05, 4.69) is 0 Å². The van der Waals surface area contributed by atoms with Gasteiger partial charge in [-0.15, -0.1) is 0 Å². The molecular weight excluding hydrogens is 371 g/mol. The van der Waals surface area contributed by atoms with Crippen molar-refractivity contribution in [3.63, 3.8) is 0 Å². The standard InChI is InChI=1S/C16H20ClFN2O4S/c1-11-8-13(2-3-14(11)17)25(22,23)20-10-12(18)9-15(20)16(21)19-4-6-24-7-5-19/h2-3,8,12,15H,4-7,9-10H2,1H3. The van der Waals surface area contributed by atoms with Crippen molar-refractivity contribution in [1.82, 2.24) is 9.21 Å². The number of hydrogen-bond donors (Lipinski definition) is 0. The van der Waals surface area contributed by atoms with Gasteiger partial charge in [0.05, 0.1) is 18.1 Å². The summed E-state index contributed by atoms with van der Waals surface area (Å²) in [6.07, 6.45) is -1.49. The molecule has 25 heavy (non-hydrogen) atoms. The SMILES string of the molecule is Cc1cc(S(=O)(=O)N2CC(F)CC2C(=O)N2CCOCC2)ccc1Cl. The van der Waals surface area contributed by atoms with Gasteiger partial charge < -0.3 is 9.64 Å². The highest BCUT2D eigenvalue weighted by molar-refractivity contribution is 7.89. The molecule has 2 heterocycles. The Bertz CT molecular complexity index is 767. The highest BCUT2D eigenvalue weighted by Gasteiger charge is 2.45. The number of alkyl halides is 1. The third kappa shape index (κ3) is 3.67. The maximum atomic E-state index is 14.0. The molecule has 1 aromatic rings. The number of aryl methyl sites for hydroxylation is 1. The van der Waals surface area contributed by atoms with Crippen LogP contribution in [-0.2, 0) is 19.6 Å². The minimum atomic E-state index is -3.99. The van der Waals surface area contributed by atoms with Crippen LogP contribution in [0.5, 0.6) is 0 Å². The highest BCUT2D eigenvalue weighted by atomic mass is 35.5. The van der Waals surface area contributed by atoms with Crippen LogP contribution in [0.25, 0.3) is 0 Å². The predicted molar refractivity (Wildman–Crippen MR) is 90.8 cm³/mol. The number of nitrogens with zero attached hydrogens (tertiary/aromatic N) is 2. The van der Waals surface area contributed by atoms with E-state index in [1.54, 1.807) is 11.8 Å². The minimum absolute atomic E-state index is 0.0169. The zero-order valence-electron chi connectivity index (χ0n) is 13.8. The summed E-state index contributed by atoms with van der Waals surface area (Å²) < 4.78 is 46.1. The number of ether oxygens (including phenoxy) is 1. The maximum Gasteiger partial charge on any atom is 0.243 e. The molecule has 2 unspecified atom stereocenters. The van der Waals surface area contributed by atoms with Crippen molar-refractivity contribution in [1.29, 1.82) is 0 Å². The highest BCUT2D eigenvalue weighted by Crippen LogP contribution is 2.30. The largest absolute Gasteiger partial charge is 0.378 e. The van der Waals surface area contributed by atoms with E-state index in [1.807, 2.05) is 0 Å². The van der Waals surface area contributed by atoms with Crippen LogP contribution in [0.3, 0.4) is 0 Å². The molecule has 9 heteroatoms. The van der Waals surface area contributed by atoms with Crippen molar-refractivity contribution in [3.8, 4) is 0 Å². The maximum absolute atomic E-state index is 14.0. The molecular formula is C16H20ClFN2O4S. The Balaban J connectivity index is 1.89. The van der Waals surface area contributed by atoms with Crippen LogP contribution in [0.15, 0.2) is 23.1 Å². The molecule has 2 saturated heterocycles. The van der Waals surface area contributed by atoms with Crippen molar-refractivity contribution in [3.05, 3.63) is 28.8 Å². The molecule has 1 amide bonds. The van der Waals surface area contributed by atoms with Gasteiger partial charge in [0.1, 0.15) is 12.2 Å². The van der Waals surface area contributed by atoms with Gasteiger partial charge in [0.2, 0.25) is 15.9 Å². The first-order valence-electron chi connectivity index (χ1n) is 8.09. The summed E-state index contributed by atoms with van der Waals surface area (Å²) in [6, 6.07) is 3.30. The van der Waals surface area contributed by atoms with Gasteiger partial charge in [-0.05, 0) is 30.7 Å². The Morgan fingerprint density at radius 3 is 2.64 bits per heavy atom. The zero-order valence-corrected chi connectivity index (χ0v) is 15.4. The number of sulfonamides is 1. The molecule has 138 valence electrons. The van der Waals surface area contributed by atoms with E-state index in [9.17, 15) is 17.6 Å². The third-order valence-corrected chi connectivity index (χ3v) is 6.84. The Morgan fingerprint density at radius 2 is 2.00 bits per heavy atom. The Kier molecular flexibility index (Phi) is 5.34. The Hall–Kier alpha value is -1.22. The fraction of sp³-hybridized carbons (Fsp3) is 0.562. The van der Waals surface area contributed by atoms with E-state index in [4.69, 9.17) is 16.3 Å². The van der Waals surface area contributed by atoms with Gasteiger partial charge in [-0.25, -0.2) is 12.8 Å². The molecule has 1 aromatic carbocycles. The molecule has 2 fully saturated rings. The fourth-order valence-electron chi connectivity index (χ4n) is 3.15. The summed E-state index contributed by atoms with van der Waals surface area (Å²) >= 11 is 5.95. The number of carbonyl (C=O) groups excluding carboxylic acids is 1. The topological polar surface area (TPSA) is 66.9 Å². The van der Waals surface area contributed by atoms with E-state index in [-0.39, 0.29) is 23.8 Å². The van der Waals surface area contributed by atoms with Crippen molar-refractivity contribution in [2.24, 2.45) is 0 Å². The number of morpholine rings is 1. The zero-order chi connectivity index (χ0) is 18.2. The second kappa shape index (κ2) is 7.19.